The molecule has 1 aromatic rings. The summed E-state index contributed by atoms with van der Waals surface area (Å²) in [5.41, 5.74) is 5.64. The van der Waals surface area contributed by atoms with Crippen LogP contribution < -0.4 is 5.73 Å². The Morgan fingerprint density at radius 1 is 1.38 bits per heavy atom. The fourth-order valence-corrected chi connectivity index (χ4v) is 2.26. The lowest BCUT2D eigenvalue weighted by atomic mass is 10.1. The number of nitrogens with zero attached hydrogens (tertiary/aromatic N) is 1. The van der Waals surface area contributed by atoms with E-state index in [0.717, 1.165) is 6.07 Å². The summed E-state index contributed by atoms with van der Waals surface area (Å²) in [6.45, 7) is 0.575. The van der Waals surface area contributed by atoms with Crippen LogP contribution in [0.1, 0.15) is 23.2 Å². The standard InChI is InChI=1S/C14H17FN2O4/c15-11-7-9(1-2-12(11)16)14(20)17-5-3-10(4-6-17)21-8-13(18)19/h1-2,7,10H,3-6,8,16H2,(H,18,19). The predicted octanol–water partition coefficient (Wildman–Crippen LogP) is 1.11. The number of nitrogens with two attached hydrogens (primary N) is 1. The Balaban J connectivity index is 1.90. The van der Waals surface area contributed by atoms with Crippen molar-refractivity contribution in [3.63, 3.8) is 0 Å². The van der Waals surface area contributed by atoms with Crippen molar-refractivity contribution >= 4 is 17.6 Å². The number of halogens is 1. The first-order valence-electron chi connectivity index (χ1n) is 6.65. The third-order valence-corrected chi connectivity index (χ3v) is 3.42. The van der Waals surface area contributed by atoms with E-state index in [-0.39, 0.29) is 29.9 Å². The van der Waals surface area contributed by atoms with Crippen LogP contribution in [0.15, 0.2) is 18.2 Å². The van der Waals surface area contributed by atoms with Gasteiger partial charge < -0.3 is 20.5 Å². The highest BCUT2D eigenvalue weighted by molar-refractivity contribution is 5.94. The van der Waals surface area contributed by atoms with E-state index in [1.165, 1.54) is 12.1 Å². The smallest absolute Gasteiger partial charge is 0.329 e. The van der Waals surface area contributed by atoms with Gasteiger partial charge in [0.2, 0.25) is 0 Å². The molecular weight excluding hydrogens is 279 g/mol. The number of carbonyl (C=O) groups excluding carboxylic acids is 1. The van der Waals surface area contributed by atoms with E-state index < -0.39 is 11.8 Å². The van der Waals surface area contributed by atoms with E-state index in [9.17, 15) is 14.0 Å². The number of carbonyl (C=O) groups is 2. The second-order valence-electron chi connectivity index (χ2n) is 4.93. The summed E-state index contributed by atoms with van der Waals surface area (Å²) in [6, 6.07) is 3.99. The molecular formula is C14H17FN2O4. The minimum atomic E-state index is -1.01. The number of hydrogen-bond donors (Lipinski definition) is 2. The van der Waals surface area contributed by atoms with E-state index in [1.54, 1.807) is 4.90 Å². The van der Waals surface area contributed by atoms with Gasteiger partial charge in [0, 0.05) is 18.7 Å². The Hall–Kier alpha value is -2.15. The van der Waals surface area contributed by atoms with Gasteiger partial charge in [-0.05, 0) is 31.0 Å². The molecule has 2 rings (SSSR count). The van der Waals surface area contributed by atoms with Crippen LogP contribution in [0.2, 0.25) is 0 Å². The SMILES string of the molecule is Nc1ccc(C(=O)N2CCC(OCC(=O)O)CC2)cc1F. The van der Waals surface area contributed by atoms with Gasteiger partial charge in [-0.2, -0.15) is 0 Å². The number of nitrogen functional groups attached to an aromatic ring is 1. The summed E-state index contributed by atoms with van der Waals surface area (Å²) in [5.74, 6) is -1.88. The summed E-state index contributed by atoms with van der Waals surface area (Å²) in [5, 5.41) is 8.55. The van der Waals surface area contributed by atoms with Gasteiger partial charge in [0.25, 0.3) is 5.91 Å². The number of hydrogen-bond acceptors (Lipinski definition) is 4. The fraction of sp³-hybridized carbons (Fsp3) is 0.429. The maximum Gasteiger partial charge on any atom is 0.329 e. The molecule has 1 aliphatic rings. The van der Waals surface area contributed by atoms with Crippen LogP contribution >= 0.6 is 0 Å². The summed E-state index contributed by atoms with van der Waals surface area (Å²) in [7, 11) is 0. The summed E-state index contributed by atoms with van der Waals surface area (Å²) in [4.78, 5) is 24.2. The lowest BCUT2D eigenvalue weighted by Crippen LogP contribution is -2.41. The van der Waals surface area contributed by atoms with Crippen molar-refractivity contribution in [3.05, 3.63) is 29.6 Å². The predicted molar refractivity (Wildman–Crippen MR) is 73.3 cm³/mol. The first-order valence-corrected chi connectivity index (χ1v) is 6.65. The molecule has 1 saturated heterocycles. The fourth-order valence-electron chi connectivity index (χ4n) is 2.26. The highest BCUT2D eigenvalue weighted by Gasteiger charge is 2.24. The molecule has 0 atom stereocenters. The first-order chi connectivity index (χ1) is 9.97. The van der Waals surface area contributed by atoms with Gasteiger partial charge in [-0.1, -0.05) is 0 Å². The monoisotopic (exact) mass is 296 g/mol. The Morgan fingerprint density at radius 2 is 2.05 bits per heavy atom. The summed E-state index contributed by atoms with van der Waals surface area (Å²) >= 11 is 0. The Labute approximate surface area is 121 Å². The second kappa shape index (κ2) is 6.53. The zero-order valence-electron chi connectivity index (χ0n) is 11.4. The molecule has 114 valence electrons. The van der Waals surface area contributed by atoms with E-state index >= 15 is 0 Å². The van der Waals surface area contributed by atoms with E-state index in [4.69, 9.17) is 15.6 Å². The number of aliphatic carboxylic acids is 1. The molecule has 0 radical (unpaired) electrons. The molecule has 0 bridgehead atoms. The second-order valence-corrected chi connectivity index (χ2v) is 4.93. The van der Waals surface area contributed by atoms with Crippen LogP contribution in [0, 0.1) is 5.82 Å². The van der Waals surface area contributed by atoms with Crippen LogP contribution in [0.25, 0.3) is 0 Å². The maximum atomic E-state index is 13.4. The van der Waals surface area contributed by atoms with Crippen molar-refractivity contribution in [2.24, 2.45) is 0 Å². The van der Waals surface area contributed by atoms with E-state index in [1.807, 2.05) is 0 Å². The Kier molecular flexibility index (Phi) is 4.74. The van der Waals surface area contributed by atoms with Gasteiger partial charge in [-0.25, -0.2) is 9.18 Å². The Bertz CT molecular complexity index is 542. The van der Waals surface area contributed by atoms with Gasteiger partial charge in [0.05, 0.1) is 11.8 Å². The summed E-state index contributed by atoms with van der Waals surface area (Å²) in [6.07, 6.45) is 0.973. The largest absolute Gasteiger partial charge is 0.480 e. The van der Waals surface area contributed by atoms with Crippen LogP contribution in [0.5, 0.6) is 0 Å². The molecule has 1 heterocycles. The van der Waals surface area contributed by atoms with Gasteiger partial charge >= 0.3 is 5.97 Å². The van der Waals surface area contributed by atoms with Crippen LogP contribution in [0.4, 0.5) is 10.1 Å². The molecule has 1 aromatic carbocycles. The number of piperidine rings is 1. The molecule has 1 amide bonds. The number of rotatable bonds is 4. The number of carboxylic acid groups (broad SMARTS) is 1. The third kappa shape index (κ3) is 3.91. The lowest BCUT2D eigenvalue weighted by molar-refractivity contribution is -0.145. The minimum absolute atomic E-state index is 0.00679. The van der Waals surface area contributed by atoms with Crippen LogP contribution in [0.3, 0.4) is 0 Å². The van der Waals surface area contributed by atoms with Crippen molar-refractivity contribution in [1.82, 2.24) is 4.90 Å². The number of carboxylic acids is 1. The number of amides is 1. The maximum absolute atomic E-state index is 13.4. The van der Waals surface area contributed by atoms with E-state index in [2.05, 4.69) is 0 Å². The Morgan fingerprint density at radius 3 is 2.62 bits per heavy atom. The van der Waals surface area contributed by atoms with Gasteiger partial charge in [-0.3, -0.25) is 4.79 Å². The highest BCUT2D eigenvalue weighted by Crippen LogP contribution is 2.18. The number of anilines is 1. The molecule has 3 N–H and O–H groups in total. The lowest BCUT2D eigenvalue weighted by Gasteiger charge is -2.31. The third-order valence-electron chi connectivity index (χ3n) is 3.42. The van der Waals surface area contributed by atoms with E-state index in [0.29, 0.717) is 25.9 Å². The molecule has 0 spiro atoms. The van der Waals surface area contributed by atoms with Crippen molar-refractivity contribution in [2.45, 2.75) is 18.9 Å². The van der Waals surface area contributed by atoms with Crippen molar-refractivity contribution < 1.29 is 23.8 Å². The van der Waals surface area contributed by atoms with Gasteiger partial charge in [0.1, 0.15) is 12.4 Å². The normalized spacial score (nSPS) is 16.0. The average Bonchev–Trinajstić information content (AvgIpc) is 2.48. The molecule has 21 heavy (non-hydrogen) atoms. The zero-order valence-corrected chi connectivity index (χ0v) is 11.4. The number of benzene rings is 1. The highest BCUT2D eigenvalue weighted by atomic mass is 19.1. The minimum Gasteiger partial charge on any atom is -0.480 e. The number of likely N-dealkylation sites (tertiary alicyclic amines) is 1. The average molecular weight is 296 g/mol. The number of ether oxygens (including phenoxy) is 1. The quantitative estimate of drug-likeness (QED) is 0.812. The molecule has 6 nitrogen and oxygen atoms in total. The molecule has 0 aromatic heterocycles. The van der Waals surface area contributed by atoms with Crippen LogP contribution in [-0.4, -0.2) is 47.7 Å². The molecule has 1 aliphatic heterocycles. The molecule has 0 saturated carbocycles. The van der Waals surface area contributed by atoms with Gasteiger partial charge in [0.15, 0.2) is 0 Å². The van der Waals surface area contributed by atoms with Crippen molar-refractivity contribution in [2.75, 3.05) is 25.4 Å². The summed E-state index contributed by atoms with van der Waals surface area (Å²) < 4.78 is 18.6. The molecule has 0 unspecified atom stereocenters. The first kappa shape index (κ1) is 15.2. The van der Waals surface area contributed by atoms with Crippen molar-refractivity contribution in [1.29, 1.82) is 0 Å². The molecule has 1 fully saturated rings. The molecule has 0 aliphatic carbocycles. The van der Waals surface area contributed by atoms with Crippen LogP contribution in [-0.2, 0) is 9.53 Å². The van der Waals surface area contributed by atoms with Gasteiger partial charge in [-0.15, -0.1) is 0 Å². The topological polar surface area (TPSA) is 92.9 Å². The molecule has 7 heteroatoms. The van der Waals surface area contributed by atoms with Crippen molar-refractivity contribution in [3.8, 4) is 0 Å². The zero-order chi connectivity index (χ0) is 15.4.